The maximum absolute atomic E-state index is 5.79. The summed E-state index contributed by atoms with van der Waals surface area (Å²) in [7, 11) is 1.97. The molecule has 0 aliphatic heterocycles. The molecule has 4 heteroatoms. The second-order valence-electron chi connectivity index (χ2n) is 5.13. The van der Waals surface area contributed by atoms with Crippen molar-refractivity contribution in [1.82, 2.24) is 5.32 Å². The average molecular weight is 413 g/mol. The highest BCUT2D eigenvalue weighted by atomic mass is 79.9. The van der Waals surface area contributed by atoms with Gasteiger partial charge in [-0.05, 0) is 62.4 Å². The first-order chi connectivity index (χ1) is 10.0. The summed E-state index contributed by atoms with van der Waals surface area (Å²) < 4.78 is 7.94. The highest BCUT2D eigenvalue weighted by Crippen LogP contribution is 2.32. The van der Waals surface area contributed by atoms with Gasteiger partial charge in [-0.15, -0.1) is 0 Å². The minimum Gasteiger partial charge on any atom is -0.491 e. The molecule has 2 aromatic carbocycles. The molecule has 0 aromatic heterocycles. The molecule has 0 fully saturated rings. The molecule has 0 amide bonds. The second kappa shape index (κ2) is 7.43. The Balaban J connectivity index is 2.39. The van der Waals surface area contributed by atoms with Crippen molar-refractivity contribution in [2.45, 2.75) is 26.0 Å². The summed E-state index contributed by atoms with van der Waals surface area (Å²) in [4.78, 5) is 0. The lowest BCUT2D eigenvalue weighted by atomic mass is 9.99. The Hall–Kier alpha value is -0.840. The quantitative estimate of drug-likeness (QED) is 0.718. The molecule has 112 valence electrons. The first-order valence-corrected chi connectivity index (χ1v) is 8.48. The molecule has 21 heavy (non-hydrogen) atoms. The number of ether oxygens (including phenoxy) is 1. The van der Waals surface area contributed by atoms with Gasteiger partial charge < -0.3 is 10.1 Å². The van der Waals surface area contributed by atoms with Crippen LogP contribution in [-0.2, 0) is 0 Å². The van der Waals surface area contributed by atoms with E-state index >= 15 is 0 Å². The molecular formula is C17H19Br2NO. The van der Waals surface area contributed by atoms with Crippen LogP contribution in [-0.4, -0.2) is 13.2 Å². The predicted octanol–water partition coefficient (Wildman–Crippen LogP) is 5.31. The van der Waals surface area contributed by atoms with Crippen molar-refractivity contribution in [3.05, 3.63) is 62.5 Å². The first-order valence-electron chi connectivity index (χ1n) is 6.90. The number of rotatable bonds is 5. The maximum Gasteiger partial charge on any atom is 0.120 e. The third kappa shape index (κ3) is 4.31. The summed E-state index contributed by atoms with van der Waals surface area (Å²) in [6, 6.07) is 14.5. The van der Waals surface area contributed by atoms with Gasteiger partial charge in [0.25, 0.3) is 0 Å². The average Bonchev–Trinajstić information content (AvgIpc) is 2.43. The Morgan fingerprint density at radius 3 is 2.48 bits per heavy atom. The van der Waals surface area contributed by atoms with Crippen LogP contribution in [0, 0.1) is 0 Å². The van der Waals surface area contributed by atoms with Gasteiger partial charge in [0.2, 0.25) is 0 Å². The molecule has 0 spiro atoms. The van der Waals surface area contributed by atoms with Crippen LogP contribution in [0.15, 0.2) is 51.4 Å². The minimum absolute atomic E-state index is 0.104. The van der Waals surface area contributed by atoms with Gasteiger partial charge in [0.05, 0.1) is 12.1 Å². The Morgan fingerprint density at radius 1 is 1.05 bits per heavy atom. The number of hydrogen-bond acceptors (Lipinski definition) is 2. The summed E-state index contributed by atoms with van der Waals surface area (Å²) in [5.74, 6) is 0.897. The minimum atomic E-state index is 0.104. The van der Waals surface area contributed by atoms with E-state index in [9.17, 15) is 0 Å². The molecule has 0 heterocycles. The molecule has 1 N–H and O–H groups in total. The van der Waals surface area contributed by atoms with E-state index in [0.717, 1.165) is 14.7 Å². The van der Waals surface area contributed by atoms with Crippen molar-refractivity contribution in [3.63, 3.8) is 0 Å². The summed E-state index contributed by atoms with van der Waals surface area (Å²) in [5.41, 5.74) is 2.36. The van der Waals surface area contributed by atoms with Gasteiger partial charge >= 0.3 is 0 Å². The van der Waals surface area contributed by atoms with Crippen LogP contribution in [0.3, 0.4) is 0 Å². The Kier molecular flexibility index (Phi) is 5.85. The van der Waals surface area contributed by atoms with Crippen LogP contribution in [0.25, 0.3) is 0 Å². The Morgan fingerprint density at radius 2 is 1.81 bits per heavy atom. The fourth-order valence-electron chi connectivity index (χ4n) is 2.28. The number of hydrogen-bond donors (Lipinski definition) is 1. The molecule has 2 nitrogen and oxygen atoms in total. The summed E-state index contributed by atoms with van der Waals surface area (Å²) in [6.07, 6.45) is 0.172. The third-order valence-corrected chi connectivity index (χ3v) is 4.34. The van der Waals surface area contributed by atoms with Gasteiger partial charge in [0, 0.05) is 8.95 Å². The topological polar surface area (TPSA) is 21.3 Å². The zero-order valence-corrected chi connectivity index (χ0v) is 15.5. The van der Waals surface area contributed by atoms with E-state index in [2.05, 4.69) is 61.4 Å². The van der Waals surface area contributed by atoms with Gasteiger partial charge in [0.1, 0.15) is 5.75 Å². The maximum atomic E-state index is 5.79. The van der Waals surface area contributed by atoms with Crippen molar-refractivity contribution in [2.24, 2.45) is 0 Å². The molecule has 0 saturated carbocycles. The molecule has 1 unspecified atom stereocenters. The Bertz CT molecular complexity index is 613. The molecule has 0 aliphatic carbocycles. The van der Waals surface area contributed by atoms with Gasteiger partial charge in [0.15, 0.2) is 0 Å². The summed E-state index contributed by atoms with van der Waals surface area (Å²) in [5, 5.41) is 3.38. The molecule has 2 rings (SSSR count). The number of halogens is 2. The molecule has 1 atom stereocenters. The van der Waals surface area contributed by atoms with Crippen LogP contribution in [0.5, 0.6) is 5.75 Å². The first kappa shape index (κ1) is 16.5. The molecule has 0 saturated heterocycles. The summed E-state index contributed by atoms with van der Waals surface area (Å²) >= 11 is 7.18. The van der Waals surface area contributed by atoms with Crippen molar-refractivity contribution >= 4 is 31.9 Å². The van der Waals surface area contributed by atoms with Gasteiger partial charge in [-0.2, -0.15) is 0 Å². The third-order valence-electron chi connectivity index (χ3n) is 3.12. The van der Waals surface area contributed by atoms with Crippen LogP contribution in [0.2, 0.25) is 0 Å². The zero-order chi connectivity index (χ0) is 15.4. The fourth-order valence-corrected chi connectivity index (χ4v) is 3.13. The molecular weight excluding hydrogens is 394 g/mol. The SMILES string of the molecule is CNC(c1cccc(OC(C)C)c1)c1cc(Br)ccc1Br. The zero-order valence-electron chi connectivity index (χ0n) is 12.4. The molecule has 0 radical (unpaired) electrons. The predicted molar refractivity (Wildman–Crippen MR) is 95.0 cm³/mol. The van der Waals surface area contributed by atoms with Crippen molar-refractivity contribution in [3.8, 4) is 5.75 Å². The van der Waals surface area contributed by atoms with Crippen LogP contribution < -0.4 is 10.1 Å². The molecule has 0 aliphatic rings. The lowest BCUT2D eigenvalue weighted by Gasteiger charge is -2.20. The highest BCUT2D eigenvalue weighted by Gasteiger charge is 2.16. The normalized spacial score (nSPS) is 12.5. The molecule has 0 bridgehead atoms. The van der Waals surface area contributed by atoms with E-state index in [4.69, 9.17) is 4.74 Å². The van der Waals surface area contributed by atoms with Crippen LogP contribution >= 0.6 is 31.9 Å². The van der Waals surface area contributed by atoms with E-state index in [-0.39, 0.29) is 12.1 Å². The lowest BCUT2D eigenvalue weighted by molar-refractivity contribution is 0.242. The number of nitrogens with one attached hydrogen (secondary N) is 1. The van der Waals surface area contributed by atoms with E-state index < -0.39 is 0 Å². The van der Waals surface area contributed by atoms with Crippen molar-refractivity contribution in [2.75, 3.05) is 7.05 Å². The summed E-state index contributed by atoms with van der Waals surface area (Å²) in [6.45, 7) is 4.07. The lowest BCUT2D eigenvalue weighted by Crippen LogP contribution is -2.18. The van der Waals surface area contributed by atoms with E-state index in [1.165, 1.54) is 11.1 Å². The fraction of sp³-hybridized carbons (Fsp3) is 0.294. The Labute approximate surface area is 143 Å². The standard InChI is InChI=1S/C17H19Br2NO/c1-11(2)21-14-6-4-5-12(9-14)17(20-3)15-10-13(18)7-8-16(15)19/h4-11,17,20H,1-3H3. The largest absolute Gasteiger partial charge is 0.491 e. The molecule has 2 aromatic rings. The van der Waals surface area contributed by atoms with Crippen LogP contribution in [0.1, 0.15) is 31.0 Å². The van der Waals surface area contributed by atoms with Crippen molar-refractivity contribution < 1.29 is 4.74 Å². The monoisotopic (exact) mass is 411 g/mol. The van der Waals surface area contributed by atoms with E-state index in [1.54, 1.807) is 0 Å². The van der Waals surface area contributed by atoms with Gasteiger partial charge in [-0.1, -0.05) is 44.0 Å². The number of benzene rings is 2. The van der Waals surface area contributed by atoms with Gasteiger partial charge in [-0.25, -0.2) is 0 Å². The second-order valence-corrected chi connectivity index (χ2v) is 6.90. The van der Waals surface area contributed by atoms with E-state index in [1.807, 2.05) is 39.1 Å². The highest BCUT2D eigenvalue weighted by molar-refractivity contribution is 9.11. The van der Waals surface area contributed by atoms with E-state index in [0.29, 0.717) is 0 Å². The van der Waals surface area contributed by atoms with Crippen LogP contribution in [0.4, 0.5) is 0 Å². The smallest absolute Gasteiger partial charge is 0.120 e. The van der Waals surface area contributed by atoms with Crippen molar-refractivity contribution in [1.29, 1.82) is 0 Å². The van der Waals surface area contributed by atoms with Gasteiger partial charge in [-0.3, -0.25) is 0 Å².